The molecule has 0 fully saturated rings. The summed E-state index contributed by atoms with van der Waals surface area (Å²) in [5.41, 5.74) is 0. The van der Waals surface area contributed by atoms with Crippen LogP contribution in [0.3, 0.4) is 0 Å². The third kappa shape index (κ3) is 9.19. The van der Waals surface area contributed by atoms with E-state index in [1.165, 1.54) is 32.1 Å². The average molecular weight is 182 g/mol. The summed E-state index contributed by atoms with van der Waals surface area (Å²) in [5, 5.41) is 9.23. The van der Waals surface area contributed by atoms with Gasteiger partial charge in [0.1, 0.15) is 5.76 Å². The second-order valence-electron chi connectivity index (χ2n) is 3.33. The summed E-state index contributed by atoms with van der Waals surface area (Å²) in [6.07, 6.45) is 12.9. The number of aliphatic hydroxyl groups is 1. The highest BCUT2D eigenvalue weighted by Gasteiger charge is 1.88. The fourth-order valence-electron chi connectivity index (χ4n) is 1.24. The van der Waals surface area contributed by atoms with Crippen molar-refractivity contribution in [1.82, 2.24) is 0 Å². The molecule has 0 saturated carbocycles. The molecule has 0 unspecified atom stereocenters. The Kier molecular flexibility index (Phi) is 8.85. The van der Waals surface area contributed by atoms with Crippen molar-refractivity contribution in [3.63, 3.8) is 0 Å². The Bertz CT molecular complexity index is 157. The van der Waals surface area contributed by atoms with E-state index in [-0.39, 0.29) is 0 Å². The summed E-state index contributed by atoms with van der Waals surface area (Å²) in [6.45, 7) is 4.13. The van der Waals surface area contributed by atoms with Gasteiger partial charge in [-0.2, -0.15) is 0 Å². The molecule has 0 amide bonds. The van der Waals surface area contributed by atoms with Crippen molar-refractivity contribution in [2.75, 3.05) is 0 Å². The van der Waals surface area contributed by atoms with Crippen LogP contribution in [0.1, 0.15) is 52.4 Å². The summed E-state index contributed by atoms with van der Waals surface area (Å²) in [7, 11) is 0. The summed E-state index contributed by atoms with van der Waals surface area (Å²) < 4.78 is 0. The van der Waals surface area contributed by atoms with E-state index in [2.05, 4.69) is 6.92 Å². The number of aliphatic hydroxyl groups excluding tert-OH is 1. The number of allylic oxidation sites excluding steroid dienone is 3. The summed E-state index contributed by atoms with van der Waals surface area (Å²) in [4.78, 5) is 0. The van der Waals surface area contributed by atoms with E-state index in [1.807, 2.05) is 19.1 Å². The molecule has 0 aromatic carbocycles. The molecule has 0 aromatic heterocycles. The predicted molar refractivity (Wildman–Crippen MR) is 58.9 cm³/mol. The molecule has 1 N–H and O–H groups in total. The van der Waals surface area contributed by atoms with Crippen molar-refractivity contribution in [1.29, 1.82) is 0 Å². The molecule has 1 nitrogen and oxygen atoms in total. The first-order valence-electron chi connectivity index (χ1n) is 5.33. The lowest BCUT2D eigenvalue weighted by Crippen LogP contribution is -1.78. The van der Waals surface area contributed by atoms with Gasteiger partial charge in [0.2, 0.25) is 0 Å². The Morgan fingerprint density at radius 3 is 2.46 bits per heavy atom. The molecular weight excluding hydrogens is 160 g/mol. The molecule has 0 saturated heterocycles. The highest BCUT2D eigenvalue weighted by molar-refractivity contribution is 5.08. The molecule has 0 bridgehead atoms. The lowest BCUT2D eigenvalue weighted by atomic mass is 10.1. The van der Waals surface area contributed by atoms with Crippen LogP contribution in [0.2, 0.25) is 0 Å². The van der Waals surface area contributed by atoms with Crippen molar-refractivity contribution in [2.45, 2.75) is 52.4 Å². The van der Waals surface area contributed by atoms with E-state index in [4.69, 9.17) is 0 Å². The van der Waals surface area contributed by atoms with Gasteiger partial charge in [-0.25, -0.2) is 0 Å². The number of hydrogen-bond donors (Lipinski definition) is 1. The smallest absolute Gasteiger partial charge is 0.111 e. The van der Waals surface area contributed by atoms with E-state index in [1.54, 1.807) is 6.08 Å². The van der Waals surface area contributed by atoms with Crippen LogP contribution >= 0.6 is 0 Å². The zero-order valence-corrected chi connectivity index (χ0v) is 8.92. The van der Waals surface area contributed by atoms with Gasteiger partial charge in [-0.3, -0.25) is 0 Å². The van der Waals surface area contributed by atoms with Crippen molar-refractivity contribution < 1.29 is 5.11 Å². The van der Waals surface area contributed by atoms with E-state index in [9.17, 15) is 5.11 Å². The molecule has 0 spiro atoms. The molecule has 1 heteroatoms. The summed E-state index contributed by atoms with van der Waals surface area (Å²) in [5.74, 6) is 0.401. The first kappa shape index (κ1) is 12.3. The zero-order valence-electron chi connectivity index (χ0n) is 8.92. The summed E-state index contributed by atoms with van der Waals surface area (Å²) >= 11 is 0. The standard InChI is InChI=1S/C12H22O/c1-3-5-6-7-8-9-11-12(13)10-4-2/h4,10-11,13H,3,5-9H2,1-2H3. The Hall–Kier alpha value is -0.720. The lowest BCUT2D eigenvalue weighted by molar-refractivity contribution is 0.428. The van der Waals surface area contributed by atoms with Gasteiger partial charge in [-0.1, -0.05) is 38.7 Å². The molecular formula is C12H22O. The SMILES string of the molecule is CC=CC(O)=CCCCCCCC. The van der Waals surface area contributed by atoms with Crippen LogP contribution in [0.4, 0.5) is 0 Å². The molecule has 0 heterocycles. The fraction of sp³-hybridized carbons (Fsp3) is 0.667. The lowest BCUT2D eigenvalue weighted by Gasteiger charge is -1.96. The van der Waals surface area contributed by atoms with Crippen LogP contribution in [0.5, 0.6) is 0 Å². The van der Waals surface area contributed by atoms with Crippen molar-refractivity contribution in [3.05, 3.63) is 24.0 Å². The van der Waals surface area contributed by atoms with Gasteiger partial charge in [0.05, 0.1) is 0 Å². The predicted octanol–water partition coefficient (Wildman–Crippen LogP) is 4.36. The number of unbranched alkanes of at least 4 members (excludes halogenated alkanes) is 5. The minimum absolute atomic E-state index is 0.401. The van der Waals surface area contributed by atoms with Crippen LogP contribution in [0.15, 0.2) is 24.0 Å². The van der Waals surface area contributed by atoms with Crippen molar-refractivity contribution in [3.8, 4) is 0 Å². The number of hydrogen-bond acceptors (Lipinski definition) is 1. The molecule has 0 rings (SSSR count). The second-order valence-corrected chi connectivity index (χ2v) is 3.33. The maximum Gasteiger partial charge on any atom is 0.111 e. The molecule has 0 radical (unpaired) electrons. The van der Waals surface area contributed by atoms with Crippen LogP contribution < -0.4 is 0 Å². The molecule has 0 aliphatic carbocycles. The minimum atomic E-state index is 0.401. The largest absolute Gasteiger partial charge is 0.508 e. The maximum atomic E-state index is 9.23. The molecule has 0 atom stereocenters. The average Bonchev–Trinajstić information content (AvgIpc) is 2.11. The van der Waals surface area contributed by atoms with Crippen LogP contribution in [0, 0.1) is 0 Å². The Balaban J connectivity index is 3.28. The van der Waals surface area contributed by atoms with Gasteiger partial charge in [-0.15, -0.1) is 0 Å². The van der Waals surface area contributed by atoms with Gasteiger partial charge < -0.3 is 5.11 Å². The first-order valence-corrected chi connectivity index (χ1v) is 5.33. The second kappa shape index (κ2) is 9.37. The van der Waals surface area contributed by atoms with Crippen LogP contribution in [0.25, 0.3) is 0 Å². The maximum absolute atomic E-state index is 9.23. The van der Waals surface area contributed by atoms with Gasteiger partial charge >= 0.3 is 0 Å². The van der Waals surface area contributed by atoms with Crippen molar-refractivity contribution in [2.24, 2.45) is 0 Å². The van der Waals surface area contributed by atoms with E-state index in [0.717, 1.165) is 6.42 Å². The Morgan fingerprint density at radius 2 is 1.85 bits per heavy atom. The van der Waals surface area contributed by atoms with Crippen molar-refractivity contribution >= 4 is 0 Å². The topological polar surface area (TPSA) is 20.2 Å². The summed E-state index contributed by atoms with van der Waals surface area (Å²) in [6, 6.07) is 0. The molecule has 0 aromatic rings. The van der Waals surface area contributed by atoms with Gasteiger partial charge in [0.25, 0.3) is 0 Å². The molecule has 0 aliphatic rings. The molecule has 13 heavy (non-hydrogen) atoms. The van der Waals surface area contributed by atoms with Crippen LogP contribution in [-0.4, -0.2) is 5.11 Å². The van der Waals surface area contributed by atoms with Gasteiger partial charge in [-0.05, 0) is 31.9 Å². The van der Waals surface area contributed by atoms with E-state index in [0.29, 0.717) is 5.76 Å². The van der Waals surface area contributed by atoms with Crippen LogP contribution in [-0.2, 0) is 0 Å². The molecule has 76 valence electrons. The zero-order chi connectivity index (χ0) is 9.94. The number of rotatable bonds is 7. The van der Waals surface area contributed by atoms with Gasteiger partial charge in [0, 0.05) is 0 Å². The third-order valence-corrected chi connectivity index (χ3v) is 2.00. The Labute approximate surface area is 82.2 Å². The van der Waals surface area contributed by atoms with E-state index >= 15 is 0 Å². The quantitative estimate of drug-likeness (QED) is 0.352. The third-order valence-electron chi connectivity index (χ3n) is 2.00. The Morgan fingerprint density at radius 1 is 1.15 bits per heavy atom. The first-order chi connectivity index (χ1) is 6.31. The van der Waals surface area contributed by atoms with E-state index < -0.39 is 0 Å². The highest BCUT2D eigenvalue weighted by Crippen LogP contribution is 2.06. The normalized spacial score (nSPS) is 12.6. The fourth-order valence-corrected chi connectivity index (χ4v) is 1.24. The highest BCUT2D eigenvalue weighted by atomic mass is 16.3. The van der Waals surface area contributed by atoms with Gasteiger partial charge in [0.15, 0.2) is 0 Å². The minimum Gasteiger partial charge on any atom is -0.508 e. The molecule has 0 aliphatic heterocycles. The monoisotopic (exact) mass is 182 g/mol.